The maximum absolute atomic E-state index is 12.9. The largest absolute Gasteiger partial charge is 0.425 e. The smallest absolute Gasteiger partial charge is 0.390 e. The van der Waals surface area contributed by atoms with Gasteiger partial charge < -0.3 is 10.4 Å². The summed E-state index contributed by atoms with van der Waals surface area (Å²) in [7, 11) is 0. The van der Waals surface area contributed by atoms with E-state index in [1.807, 2.05) is 12.1 Å². The van der Waals surface area contributed by atoms with Gasteiger partial charge in [-0.15, -0.1) is 16.4 Å². The monoisotopic (exact) mass is 408 g/mol. The molecule has 3 heterocycles. The number of halogens is 3. The Kier molecular flexibility index (Phi) is 3.80. The van der Waals surface area contributed by atoms with Gasteiger partial charge >= 0.3 is 6.18 Å². The number of hydrogen-bond donors (Lipinski definition) is 2. The Morgan fingerprint density at radius 1 is 1.04 bits per heavy atom. The van der Waals surface area contributed by atoms with Crippen LogP contribution in [0.5, 0.6) is 0 Å². The van der Waals surface area contributed by atoms with Gasteiger partial charge in [-0.1, -0.05) is 0 Å². The highest BCUT2D eigenvalue weighted by Crippen LogP contribution is 2.48. The van der Waals surface area contributed by atoms with Gasteiger partial charge in [-0.25, -0.2) is 9.50 Å². The molecule has 9 heteroatoms. The highest BCUT2D eigenvalue weighted by atomic mass is 32.1. The number of aromatic nitrogens is 3. The molecule has 0 aromatic carbocycles. The molecule has 3 aliphatic rings. The number of aliphatic hydroxyl groups is 1. The second kappa shape index (κ2) is 5.93. The summed E-state index contributed by atoms with van der Waals surface area (Å²) in [4.78, 5) is 4.11. The van der Waals surface area contributed by atoms with E-state index in [4.69, 9.17) is 0 Å². The summed E-state index contributed by atoms with van der Waals surface area (Å²) in [5.74, 6) is 0.673. The minimum Gasteiger partial charge on any atom is -0.390 e. The van der Waals surface area contributed by atoms with E-state index in [-0.39, 0.29) is 5.54 Å². The van der Waals surface area contributed by atoms with Gasteiger partial charge in [0.15, 0.2) is 5.65 Å². The molecule has 148 valence electrons. The number of rotatable bonds is 3. The van der Waals surface area contributed by atoms with Crippen molar-refractivity contribution in [3.8, 4) is 10.6 Å². The Labute approximate surface area is 163 Å². The predicted molar refractivity (Wildman–Crippen MR) is 100 cm³/mol. The molecule has 0 unspecified atom stereocenters. The van der Waals surface area contributed by atoms with Gasteiger partial charge in [0.25, 0.3) is 0 Å². The molecule has 3 aromatic heterocycles. The van der Waals surface area contributed by atoms with Gasteiger partial charge in [0.1, 0.15) is 16.4 Å². The van der Waals surface area contributed by atoms with Crippen LogP contribution in [0.15, 0.2) is 30.5 Å². The van der Waals surface area contributed by atoms with Crippen molar-refractivity contribution in [2.75, 3.05) is 5.32 Å². The van der Waals surface area contributed by atoms with E-state index in [1.165, 1.54) is 6.07 Å². The van der Waals surface area contributed by atoms with E-state index in [1.54, 1.807) is 10.7 Å². The molecule has 6 rings (SSSR count). The lowest BCUT2D eigenvalue weighted by molar-refractivity contribution is -0.134. The maximum atomic E-state index is 12.9. The first kappa shape index (κ1) is 17.9. The molecular weight excluding hydrogens is 389 g/mol. The quantitative estimate of drug-likeness (QED) is 0.658. The zero-order chi connectivity index (χ0) is 19.6. The number of anilines is 1. The molecule has 0 atom stereocenters. The first-order valence-electron chi connectivity index (χ1n) is 9.28. The average molecular weight is 408 g/mol. The fourth-order valence-corrected chi connectivity index (χ4v) is 5.23. The van der Waals surface area contributed by atoms with E-state index in [9.17, 15) is 18.3 Å². The van der Waals surface area contributed by atoms with Crippen molar-refractivity contribution in [2.24, 2.45) is 0 Å². The molecule has 3 aliphatic carbocycles. The van der Waals surface area contributed by atoms with Crippen LogP contribution in [0, 0.1) is 0 Å². The lowest BCUT2D eigenvalue weighted by Crippen LogP contribution is -2.53. The van der Waals surface area contributed by atoms with Gasteiger partial charge in [0, 0.05) is 5.54 Å². The zero-order valence-electron chi connectivity index (χ0n) is 15.0. The second-order valence-electron chi connectivity index (χ2n) is 7.92. The molecule has 3 fully saturated rings. The summed E-state index contributed by atoms with van der Waals surface area (Å²) >= 11 is 0.690. The standard InChI is InChI=1S/C19H19F3N4OS/c20-19(21,22)14-2-1-13(28-14)12-11-23-16-4-3-15(25-26(12)16)24-17-5-8-18(27,9-6-17)10-7-17/h1-4,11,27H,5-10H2,(H,24,25). The number of alkyl halides is 3. The predicted octanol–water partition coefficient (Wildman–Crippen LogP) is 4.73. The van der Waals surface area contributed by atoms with Crippen molar-refractivity contribution in [1.29, 1.82) is 0 Å². The first-order valence-corrected chi connectivity index (χ1v) is 10.1. The van der Waals surface area contributed by atoms with Gasteiger partial charge in [0.05, 0.1) is 16.7 Å². The van der Waals surface area contributed by atoms with Crippen LogP contribution in [-0.4, -0.2) is 30.8 Å². The third-order valence-corrected chi connectivity index (χ3v) is 7.25. The van der Waals surface area contributed by atoms with Crippen molar-refractivity contribution in [3.05, 3.63) is 35.3 Å². The number of nitrogens with one attached hydrogen (secondary N) is 1. The molecule has 0 amide bonds. The molecule has 0 saturated heterocycles. The van der Waals surface area contributed by atoms with E-state index in [0.29, 0.717) is 33.4 Å². The van der Waals surface area contributed by atoms with Crippen molar-refractivity contribution in [2.45, 2.75) is 55.8 Å². The maximum Gasteiger partial charge on any atom is 0.425 e. The molecule has 0 spiro atoms. The number of nitrogens with zero attached hydrogens (tertiary/aromatic N) is 3. The van der Waals surface area contributed by atoms with Crippen LogP contribution in [-0.2, 0) is 6.18 Å². The Morgan fingerprint density at radius 2 is 1.75 bits per heavy atom. The normalized spacial score (nSPS) is 27.4. The molecule has 0 radical (unpaired) electrons. The molecular formula is C19H19F3N4OS. The lowest BCUT2D eigenvalue weighted by Gasteiger charge is -2.51. The Bertz CT molecular complexity index is 1020. The van der Waals surface area contributed by atoms with Crippen LogP contribution in [0.1, 0.15) is 43.4 Å². The van der Waals surface area contributed by atoms with Gasteiger partial charge in [-0.2, -0.15) is 13.2 Å². The zero-order valence-corrected chi connectivity index (χ0v) is 15.8. The molecule has 5 nitrogen and oxygen atoms in total. The minimum atomic E-state index is -4.35. The SMILES string of the molecule is OC12CCC(Nc3ccc4ncc(-c5ccc(C(F)(F)F)s5)n4n3)(CC1)CC2. The topological polar surface area (TPSA) is 62.5 Å². The van der Waals surface area contributed by atoms with Gasteiger partial charge in [-0.05, 0) is 62.8 Å². The molecule has 28 heavy (non-hydrogen) atoms. The van der Waals surface area contributed by atoms with E-state index in [2.05, 4.69) is 15.4 Å². The number of fused-ring (bicyclic) bond motifs is 4. The molecule has 2 N–H and O–H groups in total. The highest BCUT2D eigenvalue weighted by Gasteiger charge is 2.47. The van der Waals surface area contributed by atoms with Gasteiger partial charge in [0.2, 0.25) is 0 Å². The van der Waals surface area contributed by atoms with Crippen LogP contribution < -0.4 is 5.32 Å². The summed E-state index contributed by atoms with van der Waals surface area (Å²) in [6, 6.07) is 6.22. The molecule has 3 aromatic rings. The Morgan fingerprint density at radius 3 is 2.39 bits per heavy atom. The fraction of sp³-hybridized carbons (Fsp3) is 0.474. The Balaban J connectivity index is 1.46. The molecule has 2 bridgehead atoms. The first-order chi connectivity index (χ1) is 13.3. The third-order valence-electron chi connectivity index (χ3n) is 6.10. The Hall–Kier alpha value is -2.13. The molecule has 0 aliphatic heterocycles. The van der Waals surface area contributed by atoms with Crippen LogP contribution in [0.25, 0.3) is 16.2 Å². The second-order valence-corrected chi connectivity index (χ2v) is 9.01. The van der Waals surface area contributed by atoms with Crippen molar-refractivity contribution in [1.82, 2.24) is 14.6 Å². The minimum absolute atomic E-state index is 0.0711. The summed E-state index contributed by atoms with van der Waals surface area (Å²) in [6.07, 6.45) is 2.22. The summed E-state index contributed by atoms with van der Waals surface area (Å²) in [6.45, 7) is 0. The number of imidazole rings is 1. The summed E-state index contributed by atoms with van der Waals surface area (Å²) < 4.78 is 40.4. The van der Waals surface area contributed by atoms with E-state index in [0.717, 1.165) is 44.6 Å². The van der Waals surface area contributed by atoms with Crippen LogP contribution >= 0.6 is 11.3 Å². The van der Waals surface area contributed by atoms with Gasteiger partial charge in [-0.3, -0.25) is 0 Å². The van der Waals surface area contributed by atoms with E-state index >= 15 is 0 Å². The lowest BCUT2D eigenvalue weighted by atomic mass is 9.63. The molecule has 3 saturated carbocycles. The fourth-order valence-electron chi connectivity index (χ4n) is 4.36. The average Bonchev–Trinajstić information content (AvgIpc) is 3.29. The number of thiophene rings is 1. The van der Waals surface area contributed by atoms with Crippen LogP contribution in [0.3, 0.4) is 0 Å². The van der Waals surface area contributed by atoms with E-state index < -0.39 is 16.7 Å². The summed E-state index contributed by atoms with van der Waals surface area (Å²) in [5.41, 5.74) is 0.548. The van der Waals surface area contributed by atoms with Crippen molar-refractivity contribution >= 4 is 22.8 Å². The van der Waals surface area contributed by atoms with Crippen LogP contribution in [0.4, 0.5) is 19.0 Å². The number of hydrogen-bond acceptors (Lipinski definition) is 5. The highest BCUT2D eigenvalue weighted by molar-refractivity contribution is 7.15. The third kappa shape index (κ3) is 2.97. The van der Waals surface area contributed by atoms with Crippen molar-refractivity contribution < 1.29 is 18.3 Å². The van der Waals surface area contributed by atoms with Crippen LogP contribution in [0.2, 0.25) is 0 Å². The van der Waals surface area contributed by atoms with Crippen molar-refractivity contribution in [3.63, 3.8) is 0 Å². The summed E-state index contributed by atoms with van der Waals surface area (Å²) in [5, 5.41) is 18.6.